The van der Waals surface area contributed by atoms with Gasteiger partial charge in [-0.2, -0.15) is 0 Å². The van der Waals surface area contributed by atoms with Crippen molar-refractivity contribution in [1.82, 2.24) is 0 Å². The van der Waals surface area contributed by atoms with Gasteiger partial charge in [0.2, 0.25) is 0 Å². The van der Waals surface area contributed by atoms with E-state index in [0.29, 0.717) is 12.8 Å². The van der Waals surface area contributed by atoms with E-state index in [1.165, 1.54) is 51.4 Å². The third kappa shape index (κ3) is 19.6. The van der Waals surface area contributed by atoms with E-state index < -0.39 is 18.0 Å². The quantitative estimate of drug-likeness (QED) is 0.0964. The van der Waals surface area contributed by atoms with E-state index in [9.17, 15) is 14.7 Å². The predicted octanol–water partition coefficient (Wildman–Crippen LogP) is 7.10. The molecule has 170 valence electrons. The van der Waals surface area contributed by atoms with E-state index in [1.54, 1.807) is 0 Å². The van der Waals surface area contributed by atoms with Gasteiger partial charge in [-0.05, 0) is 19.3 Å². The highest BCUT2D eigenvalue weighted by Gasteiger charge is 2.17. The molecule has 0 spiro atoms. The first-order valence-electron chi connectivity index (χ1n) is 11.8. The van der Waals surface area contributed by atoms with Crippen molar-refractivity contribution < 1.29 is 24.5 Å². The topological polar surface area (TPSA) is 83.8 Å². The Balaban J connectivity index is 3.88. The zero-order valence-electron chi connectivity index (χ0n) is 18.8. The lowest BCUT2D eigenvalue weighted by Crippen LogP contribution is -2.21. The van der Waals surface area contributed by atoms with E-state index >= 15 is 0 Å². The Morgan fingerprint density at radius 1 is 0.759 bits per heavy atom. The number of hydrogen-bond acceptors (Lipinski definition) is 4. The van der Waals surface area contributed by atoms with E-state index in [2.05, 4.69) is 13.8 Å². The second kappa shape index (κ2) is 19.8. The van der Waals surface area contributed by atoms with Gasteiger partial charge in [-0.15, -0.1) is 0 Å². The third-order valence-corrected chi connectivity index (χ3v) is 5.14. The number of carboxylic acid groups (broad SMARTS) is 1. The van der Waals surface area contributed by atoms with Crippen LogP contribution < -0.4 is 0 Å². The number of ether oxygens (including phenoxy) is 1. The highest BCUT2D eigenvalue weighted by atomic mass is 16.5. The lowest BCUT2D eigenvalue weighted by molar-refractivity contribution is -0.148. The van der Waals surface area contributed by atoms with E-state index in [4.69, 9.17) is 9.84 Å². The Hall–Kier alpha value is -1.52. The molecule has 0 fully saturated rings. The predicted molar refractivity (Wildman–Crippen MR) is 118 cm³/mol. The first-order chi connectivity index (χ1) is 14.0. The molecule has 29 heavy (non-hydrogen) atoms. The van der Waals surface area contributed by atoms with Gasteiger partial charge >= 0.3 is 11.9 Å². The average molecular weight is 413 g/mol. The molecular weight excluding hydrogens is 368 g/mol. The number of rotatable bonds is 20. The summed E-state index contributed by atoms with van der Waals surface area (Å²) in [4.78, 5) is 22.8. The fourth-order valence-corrected chi connectivity index (χ4v) is 3.40. The summed E-state index contributed by atoms with van der Waals surface area (Å²) in [5.41, 5.74) is 0. The maximum absolute atomic E-state index is 11.9. The van der Waals surface area contributed by atoms with Gasteiger partial charge in [0.1, 0.15) is 6.10 Å². The molecule has 0 aliphatic heterocycles. The Morgan fingerprint density at radius 2 is 1.24 bits per heavy atom. The number of unbranched alkanes of at least 4 members (excludes halogenated alkanes) is 12. The van der Waals surface area contributed by atoms with Crippen LogP contribution in [0.25, 0.3) is 0 Å². The molecule has 0 aliphatic carbocycles. The highest BCUT2D eigenvalue weighted by Crippen LogP contribution is 2.14. The normalized spacial score (nSPS) is 12.7. The van der Waals surface area contributed by atoms with Crippen molar-refractivity contribution in [3.8, 4) is 0 Å². The molecule has 0 aromatic heterocycles. The van der Waals surface area contributed by atoms with Crippen LogP contribution in [0.1, 0.15) is 123 Å². The van der Waals surface area contributed by atoms with Crippen molar-refractivity contribution >= 4 is 11.9 Å². The van der Waals surface area contributed by atoms with Gasteiger partial charge in [0.05, 0.1) is 18.3 Å². The third-order valence-electron chi connectivity index (χ3n) is 5.14. The summed E-state index contributed by atoms with van der Waals surface area (Å²) >= 11 is 0. The standard InChI is InChI=1S/C24H44O5/c1-3-5-7-8-9-10-11-12-13-14-16-17-21(25)19-24(28)29-22(20-23(26)27)18-15-6-4-2/h19,22,25H,3-18,20H2,1-2H3,(H,26,27). The summed E-state index contributed by atoms with van der Waals surface area (Å²) in [5, 5.41) is 18.9. The monoisotopic (exact) mass is 412 g/mol. The average Bonchev–Trinajstić information content (AvgIpc) is 2.65. The van der Waals surface area contributed by atoms with Crippen LogP contribution in [0, 0.1) is 0 Å². The molecule has 0 saturated heterocycles. The highest BCUT2D eigenvalue weighted by molar-refractivity contribution is 5.82. The van der Waals surface area contributed by atoms with Crippen molar-refractivity contribution in [3.63, 3.8) is 0 Å². The van der Waals surface area contributed by atoms with Gasteiger partial charge in [-0.25, -0.2) is 4.79 Å². The van der Waals surface area contributed by atoms with Gasteiger partial charge in [0.25, 0.3) is 0 Å². The molecular formula is C24H44O5. The summed E-state index contributed by atoms with van der Waals surface area (Å²) in [6.07, 6.45) is 17.7. The lowest BCUT2D eigenvalue weighted by Gasteiger charge is -2.15. The second-order valence-electron chi connectivity index (χ2n) is 8.07. The Kier molecular flexibility index (Phi) is 18.7. The molecule has 0 radical (unpaired) electrons. The summed E-state index contributed by atoms with van der Waals surface area (Å²) in [7, 11) is 0. The van der Waals surface area contributed by atoms with Gasteiger partial charge in [-0.1, -0.05) is 90.9 Å². The lowest BCUT2D eigenvalue weighted by atomic mass is 10.0. The largest absolute Gasteiger partial charge is 0.512 e. The number of aliphatic carboxylic acids is 1. The molecule has 0 amide bonds. The summed E-state index contributed by atoms with van der Waals surface area (Å²) in [6.45, 7) is 4.30. The zero-order valence-corrected chi connectivity index (χ0v) is 18.8. The second-order valence-corrected chi connectivity index (χ2v) is 8.07. The van der Waals surface area contributed by atoms with Gasteiger partial charge in [0, 0.05) is 6.42 Å². The molecule has 2 N–H and O–H groups in total. The smallest absolute Gasteiger partial charge is 0.334 e. The number of allylic oxidation sites excluding steroid dienone is 1. The molecule has 0 aromatic carbocycles. The Labute approximate surface area is 177 Å². The van der Waals surface area contributed by atoms with Crippen molar-refractivity contribution in [2.75, 3.05) is 0 Å². The number of hydrogen-bond donors (Lipinski definition) is 2. The number of carbonyl (C=O) groups excluding carboxylic acids is 1. The van der Waals surface area contributed by atoms with E-state index in [-0.39, 0.29) is 12.2 Å². The van der Waals surface area contributed by atoms with E-state index in [1.807, 2.05) is 0 Å². The first kappa shape index (κ1) is 27.5. The minimum Gasteiger partial charge on any atom is -0.512 e. The summed E-state index contributed by atoms with van der Waals surface area (Å²) in [6, 6.07) is 0. The minimum atomic E-state index is -0.978. The molecule has 0 saturated carbocycles. The molecule has 0 rings (SSSR count). The van der Waals surface area contributed by atoms with Gasteiger partial charge in [-0.3, -0.25) is 4.79 Å². The number of aliphatic hydroxyl groups is 1. The van der Waals surface area contributed by atoms with Crippen LogP contribution in [-0.4, -0.2) is 28.3 Å². The van der Waals surface area contributed by atoms with Crippen LogP contribution >= 0.6 is 0 Å². The van der Waals surface area contributed by atoms with Crippen LogP contribution in [0.4, 0.5) is 0 Å². The molecule has 1 unspecified atom stereocenters. The maximum Gasteiger partial charge on any atom is 0.334 e. The number of carboxylic acids is 1. The SMILES string of the molecule is CCCCCCCCCCCCCC(O)=CC(=O)OC(CCCCC)CC(=O)O. The number of aliphatic hydroxyl groups excluding tert-OH is 1. The molecule has 0 heterocycles. The Bertz CT molecular complexity index is 445. The van der Waals surface area contributed by atoms with Crippen molar-refractivity contribution in [1.29, 1.82) is 0 Å². The molecule has 5 nitrogen and oxygen atoms in total. The Morgan fingerprint density at radius 3 is 1.76 bits per heavy atom. The molecule has 1 atom stereocenters. The van der Waals surface area contributed by atoms with Crippen molar-refractivity contribution in [2.24, 2.45) is 0 Å². The fourth-order valence-electron chi connectivity index (χ4n) is 3.40. The van der Waals surface area contributed by atoms with E-state index in [0.717, 1.165) is 44.6 Å². The van der Waals surface area contributed by atoms with Crippen LogP contribution in [-0.2, 0) is 14.3 Å². The molecule has 5 heteroatoms. The molecule has 0 aliphatic rings. The molecule has 0 aromatic rings. The number of esters is 1. The maximum atomic E-state index is 11.9. The fraction of sp³-hybridized carbons (Fsp3) is 0.833. The summed E-state index contributed by atoms with van der Waals surface area (Å²) < 4.78 is 5.23. The minimum absolute atomic E-state index is 0.0218. The zero-order chi connectivity index (χ0) is 21.7. The van der Waals surface area contributed by atoms with Gasteiger partial charge in [0.15, 0.2) is 0 Å². The van der Waals surface area contributed by atoms with Crippen molar-refractivity contribution in [2.45, 2.75) is 129 Å². The molecule has 0 bridgehead atoms. The van der Waals surface area contributed by atoms with Gasteiger partial charge < -0.3 is 14.9 Å². The van der Waals surface area contributed by atoms with Crippen LogP contribution in [0.3, 0.4) is 0 Å². The summed E-state index contributed by atoms with van der Waals surface area (Å²) in [5.74, 6) is -1.60. The van der Waals surface area contributed by atoms with Crippen LogP contribution in [0.15, 0.2) is 11.8 Å². The van der Waals surface area contributed by atoms with Crippen molar-refractivity contribution in [3.05, 3.63) is 11.8 Å². The first-order valence-corrected chi connectivity index (χ1v) is 11.8. The van der Waals surface area contributed by atoms with Crippen LogP contribution in [0.2, 0.25) is 0 Å². The number of carbonyl (C=O) groups is 2. The van der Waals surface area contributed by atoms with Crippen LogP contribution in [0.5, 0.6) is 0 Å².